The van der Waals surface area contributed by atoms with E-state index in [2.05, 4.69) is 13.5 Å². The predicted octanol–water partition coefficient (Wildman–Crippen LogP) is 4.02. The van der Waals surface area contributed by atoms with Gasteiger partial charge in [0.15, 0.2) is 0 Å². The van der Waals surface area contributed by atoms with Gasteiger partial charge in [-0.15, -0.1) is 0 Å². The summed E-state index contributed by atoms with van der Waals surface area (Å²) in [7, 11) is 1.62. The Bertz CT molecular complexity index is 380. The Morgan fingerprint density at radius 1 is 1.53 bits per heavy atom. The van der Waals surface area contributed by atoms with Gasteiger partial charge in [0.2, 0.25) is 0 Å². The molecule has 0 radical (unpaired) electrons. The second-order valence-electron chi connectivity index (χ2n) is 3.39. The minimum atomic E-state index is 0.645. The normalized spacial score (nSPS) is 11.3. The topological polar surface area (TPSA) is 9.23 Å². The van der Waals surface area contributed by atoms with E-state index in [0.717, 1.165) is 12.2 Å². The number of ether oxygens (including phenoxy) is 1. The summed E-state index contributed by atoms with van der Waals surface area (Å²) in [6.07, 6.45) is 4.68. The average molecular weight is 223 g/mol. The Morgan fingerprint density at radius 2 is 2.27 bits per heavy atom. The highest BCUT2D eigenvalue weighted by atomic mass is 35.5. The van der Waals surface area contributed by atoms with Crippen LogP contribution in [0.1, 0.15) is 12.5 Å². The first kappa shape index (κ1) is 11.9. The average Bonchev–Trinajstić information content (AvgIpc) is 2.21. The van der Waals surface area contributed by atoms with E-state index in [1.165, 1.54) is 11.1 Å². The Morgan fingerprint density at radius 3 is 2.87 bits per heavy atom. The van der Waals surface area contributed by atoms with E-state index >= 15 is 0 Å². The summed E-state index contributed by atoms with van der Waals surface area (Å²) in [4.78, 5) is 0. The monoisotopic (exact) mass is 222 g/mol. The molecule has 1 nitrogen and oxygen atoms in total. The van der Waals surface area contributed by atoms with Crippen molar-refractivity contribution < 1.29 is 4.74 Å². The van der Waals surface area contributed by atoms with Crippen molar-refractivity contribution in [1.82, 2.24) is 0 Å². The fourth-order valence-corrected chi connectivity index (χ4v) is 1.59. The molecular formula is C13H15ClO. The fourth-order valence-electron chi connectivity index (χ4n) is 1.40. The maximum absolute atomic E-state index is 5.94. The van der Waals surface area contributed by atoms with Gasteiger partial charge in [0.1, 0.15) is 5.75 Å². The molecule has 0 aliphatic rings. The minimum Gasteiger partial charge on any atom is -0.495 e. The van der Waals surface area contributed by atoms with E-state index in [0.29, 0.717) is 5.02 Å². The van der Waals surface area contributed by atoms with Gasteiger partial charge in [-0.3, -0.25) is 0 Å². The van der Waals surface area contributed by atoms with Crippen LogP contribution in [0.5, 0.6) is 5.75 Å². The molecule has 0 aliphatic heterocycles. The molecule has 0 aromatic heterocycles. The van der Waals surface area contributed by atoms with E-state index in [1.807, 2.05) is 24.3 Å². The van der Waals surface area contributed by atoms with E-state index in [4.69, 9.17) is 16.3 Å². The fraction of sp³-hybridized carbons (Fsp3) is 0.231. The first-order valence-electron chi connectivity index (χ1n) is 4.78. The summed E-state index contributed by atoms with van der Waals surface area (Å²) in [5, 5.41) is 0.645. The number of allylic oxidation sites excluding steroid dienone is 3. The summed E-state index contributed by atoms with van der Waals surface area (Å²) in [5.41, 5.74) is 2.45. The zero-order valence-electron chi connectivity index (χ0n) is 9.09. The Hall–Kier alpha value is -1.21. The van der Waals surface area contributed by atoms with Crippen LogP contribution in [0.3, 0.4) is 0 Å². The highest BCUT2D eigenvalue weighted by Crippen LogP contribution is 2.25. The van der Waals surface area contributed by atoms with Crippen molar-refractivity contribution in [2.45, 2.75) is 13.3 Å². The molecule has 15 heavy (non-hydrogen) atoms. The molecule has 1 aromatic carbocycles. The van der Waals surface area contributed by atoms with Crippen LogP contribution in [0.2, 0.25) is 5.02 Å². The van der Waals surface area contributed by atoms with Gasteiger partial charge in [0.05, 0.1) is 12.1 Å². The first-order valence-corrected chi connectivity index (χ1v) is 5.15. The summed E-state index contributed by atoms with van der Waals surface area (Å²) in [5.74, 6) is 0.723. The molecule has 0 unspecified atom stereocenters. The van der Waals surface area contributed by atoms with E-state index in [1.54, 1.807) is 13.2 Å². The molecule has 0 aliphatic carbocycles. The lowest BCUT2D eigenvalue weighted by Gasteiger charge is -2.06. The largest absolute Gasteiger partial charge is 0.495 e. The molecule has 0 saturated heterocycles. The smallest absolute Gasteiger partial charge is 0.137 e. The number of methoxy groups -OCH3 is 1. The third-order valence-corrected chi connectivity index (χ3v) is 2.41. The van der Waals surface area contributed by atoms with Gasteiger partial charge in [-0.1, -0.05) is 42.0 Å². The molecule has 0 N–H and O–H groups in total. The minimum absolute atomic E-state index is 0.645. The summed E-state index contributed by atoms with van der Waals surface area (Å²) >= 11 is 5.94. The highest BCUT2D eigenvalue weighted by molar-refractivity contribution is 6.32. The summed E-state index contributed by atoms with van der Waals surface area (Å²) < 4.78 is 5.16. The van der Waals surface area contributed by atoms with Crippen LogP contribution in [0.4, 0.5) is 0 Å². The second-order valence-corrected chi connectivity index (χ2v) is 3.80. The third kappa shape index (κ3) is 3.45. The lowest BCUT2D eigenvalue weighted by molar-refractivity contribution is 0.414. The summed E-state index contributed by atoms with van der Waals surface area (Å²) in [6.45, 7) is 5.74. The highest BCUT2D eigenvalue weighted by Gasteiger charge is 2.02. The predicted molar refractivity (Wildman–Crippen MR) is 65.7 cm³/mol. The van der Waals surface area contributed by atoms with E-state index < -0.39 is 0 Å². The molecule has 0 heterocycles. The molecule has 0 saturated carbocycles. The van der Waals surface area contributed by atoms with Crippen LogP contribution in [-0.2, 0) is 6.42 Å². The maximum atomic E-state index is 5.94. The van der Waals surface area contributed by atoms with Crippen LogP contribution in [0.15, 0.2) is 42.5 Å². The zero-order valence-corrected chi connectivity index (χ0v) is 9.84. The van der Waals surface area contributed by atoms with Gasteiger partial charge in [0, 0.05) is 0 Å². The van der Waals surface area contributed by atoms with Gasteiger partial charge in [-0.05, 0) is 31.0 Å². The van der Waals surface area contributed by atoms with Crippen molar-refractivity contribution in [3.63, 3.8) is 0 Å². The standard InChI is InChI=1S/C13H15ClO/c1-4-5-10(2)8-11-6-7-12(14)13(9-11)15-3/h4-7,9H,1,8H2,2-3H3/b10-5+. The Kier molecular flexibility index (Phi) is 4.44. The van der Waals surface area contributed by atoms with Crippen molar-refractivity contribution in [3.05, 3.63) is 53.1 Å². The molecule has 80 valence electrons. The number of hydrogen-bond acceptors (Lipinski definition) is 1. The Balaban J connectivity index is 2.87. The zero-order chi connectivity index (χ0) is 11.3. The van der Waals surface area contributed by atoms with Crippen molar-refractivity contribution in [2.24, 2.45) is 0 Å². The van der Waals surface area contributed by atoms with Crippen LogP contribution in [0.25, 0.3) is 0 Å². The molecule has 0 spiro atoms. The van der Waals surface area contributed by atoms with Crippen LogP contribution < -0.4 is 4.74 Å². The van der Waals surface area contributed by atoms with Gasteiger partial charge >= 0.3 is 0 Å². The molecule has 0 amide bonds. The van der Waals surface area contributed by atoms with Gasteiger partial charge in [-0.2, -0.15) is 0 Å². The van der Waals surface area contributed by atoms with Gasteiger partial charge < -0.3 is 4.74 Å². The van der Waals surface area contributed by atoms with Crippen LogP contribution in [0, 0.1) is 0 Å². The number of hydrogen-bond donors (Lipinski definition) is 0. The van der Waals surface area contributed by atoms with E-state index in [9.17, 15) is 0 Å². The molecular weight excluding hydrogens is 208 g/mol. The van der Waals surface area contributed by atoms with Crippen molar-refractivity contribution in [3.8, 4) is 5.75 Å². The summed E-state index contributed by atoms with van der Waals surface area (Å²) in [6, 6.07) is 5.82. The number of halogens is 1. The van der Waals surface area contributed by atoms with Crippen molar-refractivity contribution in [1.29, 1.82) is 0 Å². The lowest BCUT2D eigenvalue weighted by atomic mass is 10.1. The van der Waals surface area contributed by atoms with Crippen LogP contribution >= 0.6 is 11.6 Å². The SMILES string of the molecule is C=C/C=C(\C)Cc1ccc(Cl)c(OC)c1. The van der Waals surface area contributed by atoms with E-state index in [-0.39, 0.29) is 0 Å². The quantitative estimate of drug-likeness (QED) is 0.700. The first-order chi connectivity index (χ1) is 7.17. The number of rotatable bonds is 4. The van der Waals surface area contributed by atoms with Gasteiger partial charge in [0.25, 0.3) is 0 Å². The molecule has 0 bridgehead atoms. The molecule has 0 atom stereocenters. The third-order valence-electron chi connectivity index (χ3n) is 2.10. The van der Waals surface area contributed by atoms with Gasteiger partial charge in [-0.25, -0.2) is 0 Å². The molecule has 2 heteroatoms. The maximum Gasteiger partial charge on any atom is 0.137 e. The van der Waals surface area contributed by atoms with Crippen molar-refractivity contribution in [2.75, 3.05) is 7.11 Å². The second kappa shape index (κ2) is 5.62. The van der Waals surface area contributed by atoms with Crippen molar-refractivity contribution >= 4 is 11.6 Å². The molecule has 1 rings (SSSR count). The van der Waals surface area contributed by atoms with Crippen LogP contribution in [-0.4, -0.2) is 7.11 Å². The lowest BCUT2D eigenvalue weighted by Crippen LogP contribution is -1.90. The number of benzene rings is 1. The molecule has 1 aromatic rings. The Labute approximate surface area is 96.0 Å². The molecule has 0 fully saturated rings.